The summed E-state index contributed by atoms with van der Waals surface area (Å²) in [4.78, 5) is 21.6. The summed E-state index contributed by atoms with van der Waals surface area (Å²) < 4.78 is 5.77. The lowest BCUT2D eigenvalue weighted by Gasteiger charge is -2.35. The number of thiazole rings is 1. The van der Waals surface area contributed by atoms with Crippen molar-refractivity contribution in [2.24, 2.45) is 0 Å². The number of nitrogens with zero attached hydrogens (tertiary/aromatic N) is 3. The maximum atomic E-state index is 12.7. The van der Waals surface area contributed by atoms with Gasteiger partial charge in [-0.05, 0) is 30.5 Å². The van der Waals surface area contributed by atoms with Crippen LogP contribution >= 0.6 is 22.7 Å². The minimum absolute atomic E-state index is 0.0385. The molecule has 140 valence electrons. The van der Waals surface area contributed by atoms with Crippen LogP contribution in [0.5, 0.6) is 5.75 Å². The number of ether oxygens (including phenoxy) is 1. The van der Waals surface area contributed by atoms with Crippen molar-refractivity contribution < 1.29 is 9.53 Å². The second-order valence-corrected chi connectivity index (χ2v) is 8.03. The molecule has 3 heterocycles. The average Bonchev–Trinajstić information content (AvgIpc) is 3.40. The van der Waals surface area contributed by atoms with Gasteiger partial charge in [-0.1, -0.05) is 18.2 Å². The molecule has 0 radical (unpaired) electrons. The highest BCUT2D eigenvalue weighted by atomic mass is 32.1. The Morgan fingerprint density at radius 2 is 1.89 bits per heavy atom. The smallest absolute Gasteiger partial charge is 0.263 e. The molecule has 27 heavy (non-hydrogen) atoms. The van der Waals surface area contributed by atoms with Crippen LogP contribution in [0.15, 0.2) is 52.5 Å². The van der Waals surface area contributed by atoms with E-state index in [1.807, 2.05) is 42.2 Å². The van der Waals surface area contributed by atoms with Crippen LogP contribution in [-0.4, -0.2) is 48.1 Å². The SMILES string of the molecule is C[C@H](Oc1ccccc1)C(=O)N1CCN(c2nc(-c3ccsc3)cs2)CC1. The van der Waals surface area contributed by atoms with Gasteiger partial charge in [0.15, 0.2) is 11.2 Å². The van der Waals surface area contributed by atoms with E-state index in [-0.39, 0.29) is 5.91 Å². The molecule has 0 N–H and O–H groups in total. The van der Waals surface area contributed by atoms with Gasteiger partial charge in [0.25, 0.3) is 5.91 Å². The van der Waals surface area contributed by atoms with Crippen LogP contribution < -0.4 is 9.64 Å². The molecule has 1 aromatic carbocycles. The van der Waals surface area contributed by atoms with Crippen LogP contribution in [0.1, 0.15) is 6.92 Å². The summed E-state index contributed by atoms with van der Waals surface area (Å²) in [5, 5.41) is 7.31. The lowest BCUT2D eigenvalue weighted by molar-refractivity contribution is -0.138. The summed E-state index contributed by atoms with van der Waals surface area (Å²) in [6, 6.07) is 11.6. The average molecular weight is 400 g/mol. The second-order valence-electron chi connectivity index (χ2n) is 6.41. The molecular formula is C20H21N3O2S2. The van der Waals surface area contributed by atoms with Crippen molar-refractivity contribution in [2.75, 3.05) is 31.1 Å². The Bertz CT molecular complexity index is 872. The van der Waals surface area contributed by atoms with Crippen molar-refractivity contribution in [3.8, 4) is 17.0 Å². The van der Waals surface area contributed by atoms with Gasteiger partial charge in [0.1, 0.15) is 5.75 Å². The Morgan fingerprint density at radius 1 is 1.11 bits per heavy atom. The van der Waals surface area contributed by atoms with Gasteiger partial charge >= 0.3 is 0 Å². The van der Waals surface area contributed by atoms with E-state index in [0.29, 0.717) is 13.1 Å². The monoisotopic (exact) mass is 399 g/mol. The molecule has 0 unspecified atom stereocenters. The van der Waals surface area contributed by atoms with Gasteiger partial charge in [-0.2, -0.15) is 11.3 Å². The minimum Gasteiger partial charge on any atom is -0.481 e. The molecule has 1 saturated heterocycles. The number of para-hydroxylation sites is 1. The molecule has 1 amide bonds. The fourth-order valence-electron chi connectivity index (χ4n) is 3.08. The highest BCUT2D eigenvalue weighted by Crippen LogP contribution is 2.29. The number of aromatic nitrogens is 1. The summed E-state index contributed by atoms with van der Waals surface area (Å²) >= 11 is 3.34. The third-order valence-electron chi connectivity index (χ3n) is 4.57. The van der Waals surface area contributed by atoms with Gasteiger partial charge in [0.2, 0.25) is 0 Å². The Balaban J connectivity index is 1.32. The molecule has 1 aliphatic rings. The standard InChI is InChI=1S/C20H21N3O2S2/c1-15(25-17-5-3-2-4-6-17)19(24)22-8-10-23(11-9-22)20-21-18(14-27-20)16-7-12-26-13-16/h2-7,12-15H,8-11H2,1H3/t15-/m0/s1. The van der Waals surface area contributed by atoms with Crippen molar-refractivity contribution >= 4 is 33.7 Å². The van der Waals surface area contributed by atoms with Gasteiger partial charge in [0.05, 0.1) is 5.69 Å². The lowest BCUT2D eigenvalue weighted by atomic mass is 10.2. The summed E-state index contributed by atoms with van der Waals surface area (Å²) in [6.07, 6.45) is -0.482. The van der Waals surface area contributed by atoms with E-state index in [4.69, 9.17) is 9.72 Å². The predicted octanol–water partition coefficient (Wildman–Crippen LogP) is 3.99. The number of hydrogen-bond donors (Lipinski definition) is 0. The van der Waals surface area contributed by atoms with Crippen LogP contribution in [0.3, 0.4) is 0 Å². The molecule has 7 heteroatoms. The molecule has 5 nitrogen and oxygen atoms in total. The van der Waals surface area contributed by atoms with Crippen molar-refractivity contribution in [2.45, 2.75) is 13.0 Å². The summed E-state index contributed by atoms with van der Waals surface area (Å²) in [5.74, 6) is 0.761. The van der Waals surface area contributed by atoms with E-state index < -0.39 is 6.10 Å². The zero-order valence-electron chi connectivity index (χ0n) is 15.1. The van der Waals surface area contributed by atoms with E-state index in [0.717, 1.165) is 29.7 Å². The number of anilines is 1. The molecule has 4 rings (SSSR count). The normalized spacial score (nSPS) is 15.6. The maximum absolute atomic E-state index is 12.7. The first-order valence-electron chi connectivity index (χ1n) is 8.94. The highest BCUT2D eigenvalue weighted by molar-refractivity contribution is 7.14. The third kappa shape index (κ3) is 4.14. The first kappa shape index (κ1) is 18.0. The minimum atomic E-state index is -0.482. The predicted molar refractivity (Wildman–Crippen MR) is 111 cm³/mol. The van der Waals surface area contributed by atoms with Crippen molar-refractivity contribution in [1.29, 1.82) is 0 Å². The topological polar surface area (TPSA) is 45.7 Å². The summed E-state index contributed by atoms with van der Waals surface area (Å²) in [5.41, 5.74) is 2.20. The molecule has 1 fully saturated rings. The quantitative estimate of drug-likeness (QED) is 0.651. The number of carbonyl (C=O) groups excluding carboxylic acids is 1. The Hall–Kier alpha value is -2.38. The number of amides is 1. The van der Waals surface area contributed by atoms with Crippen molar-refractivity contribution in [3.05, 3.63) is 52.5 Å². The van der Waals surface area contributed by atoms with Crippen LogP contribution in [-0.2, 0) is 4.79 Å². The molecule has 0 spiro atoms. The first-order valence-corrected chi connectivity index (χ1v) is 10.8. The first-order chi connectivity index (χ1) is 13.2. The van der Waals surface area contributed by atoms with Crippen LogP contribution in [0.2, 0.25) is 0 Å². The highest BCUT2D eigenvalue weighted by Gasteiger charge is 2.27. The summed E-state index contributed by atoms with van der Waals surface area (Å²) in [7, 11) is 0. The van der Waals surface area contributed by atoms with E-state index in [9.17, 15) is 4.79 Å². The van der Waals surface area contributed by atoms with Crippen LogP contribution in [0.25, 0.3) is 11.3 Å². The summed E-state index contributed by atoms with van der Waals surface area (Å²) in [6.45, 7) is 4.78. The molecule has 2 aromatic heterocycles. The van der Waals surface area contributed by atoms with Crippen molar-refractivity contribution in [3.63, 3.8) is 0 Å². The molecule has 3 aromatic rings. The van der Waals surface area contributed by atoms with Crippen molar-refractivity contribution in [1.82, 2.24) is 9.88 Å². The molecule has 0 bridgehead atoms. The lowest BCUT2D eigenvalue weighted by Crippen LogP contribution is -2.52. The fourth-order valence-corrected chi connectivity index (χ4v) is 4.62. The number of piperazine rings is 1. The maximum Gasteiger partial charge on any atom is 0.263 e. The molecular weight excluding hydrogens is 378 g/mol. The molecule has 0 saturated carbocycles. The second kappa shape index (κ2) is 8.10. The fraction of sp³-hybridized carbons (Fsp3) is 0.300. The molecule has 1 atom stereocenters. The third-order valence-corrected chi connectivity index (χ3v) is 6.16. The zero-order chi connectivity index (χ0) is 18.6. The number of hydrogen-bond acceptors (Lipinski definition) is 6. The van der Waals surface area contributed by atoms with E-state index >= 15 is 0 Å². The van der Waals surface area contributed by atoms with Gasteiger partial charge in [0, 0.05) is 42.5 Å². The van der Waals surface area contributed by atoms with Gasteiger partial charge in [-0.3, -0.25) is 4.79 Å². The largest absolute Gasteiger partial charge is 0.481 e. The van der Waals surface area contributed by atoms with E-state index in [1.165, 1.54) is 5.56 Å². The molecule has 1 aliphatic heterocycles. The number of benzene rings is 1. The zero-order valence-corrected chi connectivity index (χ0v) is 16.7. The van der Waals surface area contributed by atoms with Gasteiger partial charge in [-0.15, -0.1) is 11.3 Å². The van der Waals surface area contributed by atoms with E-state index in [1.54, 1.807) is 22.7 Å². The van der Waals surface area contributed by atoms with Crippen LogP contribution in [0, 0.1) is 0 Å². The van der Waals surface area contributed by atoms with E-state index in [2.05, 4.69) is 27.1 Å². The Kier molecular flexibility index (Phi) is 5.40. The van der Waals surface area contributed by atoms with Crippen LogP contribution in [0.4, 0.5) is 5.13 Å². The van der Waals surface area contributed by atoms with Gasteiger partial charge in [-0.25, -0.2) is 4.98 Å². The Morgan fingerprint density at radius 3 is 2.59 bits per heavy atom. The molecule has 0 aliphatic carbocycles. The number of thiophene rings is 1. The Labute approximate surface area is 166 Å². The number of rotatable bonds is 5. The number of carbonyl (C=O) groups is 1. The van der Waals surface area contributed by atoms with Gasteiger partial charge < -0.3 is 14.5 Å².